The maximum atomic E-state index is 13.4. The van der Waals surface area contributed by atoms with Crippen LogP contribution in [0.4, 0.5) is 10.1 Å². The van der Waals surface area contributed by atoms with E-state index in [0.717, 1.165) is 6.20 Å². The second kappa shape index (κ2) is 4.92. The molecule has 0 fully saturated rings. The molecule has 1 unspecified atom stereocenters. The number of aliphatic hydroxyl groups is 1. The minimum absolute atomic E-state index is 0.0469. The Labute approximate surface area is 101 Å². The highest BCUT2D eigenvalue weighted by atomic mass is 19.1. The SMILES string of the molecule is O=[N+]([O-])c1cnn(CC(O)c2ccccc2F)c1. The Kier molecular flexibility index (Phi) is 3.33. The summed E-state index contributed by atoms with van der Waals surface area (Å²) in [6.07, 6.45) is 1.16. The van der Waals surface area contributed by atoms with Crippen LogP contribution in [0.25, 0.3) is 0 Å². The van der Waals surface area contributed by atoms with E-state index in [4.69, 9.17) is 0 Å². The standard InChI is InChI=1S/C11H10FN3O3/c12-10-4-2-1-3-9(10)11(16)7-14-6-8(5-13-14)15(17)18/h1-6,11,16H,7H2. The summed E-state index contributed by atoms with van der Waals surface area (Å²) in [7, 11) is 0. The fourth-order valence-corrected chi connectivity index (χ4v) is 1.57. The summed E-state index contributed by atoms with van der Waals surface area (Å²) in [6.45, 7) is -0.0469. The summed E-state index contributed by atoms with van der Waals surface area (Å²) in [4.78, 5) is 9.87. The lowest BCUT2D eigenvalue weighted by Gasteiger charge is -2.11. The largest absolute Gasteiger partial charge is 0.386 e. The van der Waals surface area contributed by atoms with Gasteiger partial charge in [0.1, 0.15) is 24.3 Å². The molecule has 94 valence electrons. The van der Waals surface area contributed by atoms with Gasteiger partial charge in [-0.15, -0.1) is 0 Å². The van der Waals surface area contributed by atoms with E-state index in [2.05, 4.69) is 5.10 Å². The molecule has 0 aliphatic carbocycles. The van der Waals surface area contributed by atoms with Gasteiger partial charge in [-0.1, -0.05) is 18.2 Å². The third kappa shape index (κ3) is 2.51. The number of hydrogen-bond donors (Lipinski definition) is 1. The van der Waals surface area contributed by atoms with Crippen LogP contribution in [0, 0.1) is 15.9 Å². The maximum Gasteiger partial charge on any atom is 0.306 e. The monoisotopic (exact) mass is 251 g/mol. The van der Waals surface area contributed by atoms with Crippen LogP contribution >= 0.6 is 0 Å². The first kappa shape index (κ1) is 12.2. The van der Waals surface area contributed by atoms with E-state index >= 15 is 0 Å². The number of nitrogens with zero attached hydrogens (tertiary/aromatic N) is 3. The highest BCUT2D eigenvalue weighted by Gasteiger charge is 2.15. The zero-order valence-corrected chi connectivity index (χ0v) is 9.23. The topological polar surface area (TPSA) is 81.2 Å². The lowest BCUT2D eigenvalue weighted by molar-refractivity contribution is -0.385. The van der Waals surface area contributed by atoms with Crippen molar-refractivity contribution in [3.05, 3.63) is 58.2 Å². The predicted octanol–water partition coefficient (Wildman–Crippen LogP) is 1.66. The molecule has 0 saturated heterocycles. The van der Waals surface area contributed by atoms with Gasteiger partial charge in [-0.05, 0) is 6.07 Å². The van der Waals surface area contributed by atoms with E-state index < -0.39 is 16.8 Å². The molecule has 18 heavy (non-hydrogen) atoms. The summed E-state index contributed by atoms with van der Waals surface area (Å²) in [5.74, 6) is -0.522. The van der Waals surface area contributed by atoms with Crippen LogP contribution in [-0.4, -0.2) is 19.8 Å². The third-order valence-electron chi connectivity index (χ3n) is 2.45. The average molecular weight is 251 g/mol. The molecular formula is C11H10FN3O3. The highest BCUT2D eigenvalue weighted by molar-refractivity contribution is 5.22. The zero-order chi connectivity index (χ0) is 13.1. The molecule has 1 N–H and O–H groups in total. The number of hydrogen-bond acceptors (Lipinski definition) is 4. The molecule has 2 aromatic rings. The Hall–Kier alpha value is -2.28. The van der Waals surface area contributed by atoms with Crippen LogP contribution in [0.15, 0.2) is 36.7 Å². The molecule has 1 aromatic carbocycles. The smallest absolute Gasteiger partial charge is 0.306 e. The average Bonchev–Trinajstić information content (AvgIpc) is 2.78. The van der Waals surface area contributed by atoms with Gasteiger partial charge in [0.05, 0.1) is 11.5 Å². The van der Waals surface area contributed by atoms with Crippen LogP contribution in [0.2, 0.25) is 0 Å². The van der Waals surface area contributed by atoms with Crippen molar-refractivity contribution in [1.29, 1.82) is 0 Å². The second-order valence-electron chi connectivity index (χ2n) is 3.71. The van der Waals surface area contributed by atoms with Gasteiger partial charge in [-0.3, -0.25) is 14.8 Å². The van der Waals surface area contributed by atoms with Crippen LogP contribution in [0.5, 0.6) is 0 Å². The molecule has 0 amide bonds. The van der Waals surface area contributed by atoms with E-state index in [9.17, 15) is 19.6 Å². The number of aliphatic hydroxyl groups excluding tert-OH is 1. The maximum absolute atomic E-state index is 13.4. The number of aromatic nitrogens is 2. The van der Waals surface area contributed by atoms with Crippen LogP contribution in [0.1, 0.15) is 11.7 Å². The number of benzene rings is 1. The molecule has 0 bridgehead atoms. The van der Waals surface area contributed by atoms with Gasteiger partial charge in [0.2, 0.25) is 0 Å². The Morgan fingerprint density at radius 1 is 1.50 bits per heavy atom. The van der Waals surface area contributed by atoms with E-state index in [0.29, 0.717) is 0 Å². The summed E-state index contributed by atoms with van der Waals surface area (Å²) in [6, 6.07) is 5.82. The zero-order valence-electron chi connectivity index (χ0n) is 9.23. The third-order valence-corrected chi connectivity index (χ3v) is 2.45. The van der Waals surface area contributed by atoms with Crippen LogP contribution in [0.3, 0.4) is 0 Å². The number of nitro groups is 1. The summed E-state index contributed by atoms with van der Waals surface area (Å²) < 4.78 is 14.6. The van der Waals surface area contributed by atoms with Gasteiger partial charge >= 0.3 is 5.69 Å². The second-order valence-corrected chi connectivity index (χ2v) is 3.71. The molecule has 1 aromatic heterocycles. The van der Waals surface area contributed by atoms with Crippen molar-refractivity contribution in [3.63, 3.8) is 0 Å². The number of rotatable bonds is 4. The first-order chi connectivity index (χ1) is 8.58. The molecule has 0 aliphatic heterocycles. The Morgan fingerprint density at radius 3 is 2.83 bits per heavy atom. The lowest BCUT2D eigenvalue weighted by atomic mass is 10.1. The molecule has 0 aliphatic rings. The highest BCUT2D eigenvalue weighted by Crippen LogP contribution is 2.19. The fraction of sp³-hybridized carbons (Fsp3) is 0.182. The first-order valence-electron chi connectivity index (χ1n) is 5.17. The molecule has 7 heteroatoms. The van der Waals surface area contributed by atoms with Gasteiger partial charge in [0.15, 0.2) is 0 Å². The van der Waals surface area contributed by atoms with Crippen LogP contribution < -0.4 is 0 Å². The summed E-state index contributed by atoms with van der Waals surface area (Å²) >= 11 is 0. The Morgan fingerprint density at radius 2 is 2.22 bits per heavy atom. The lowest BCUT2D eigenvalue weighted by Crippen LogP contribution is -2.10. The van der Waals surface area contributed by atoms with Crippen molar-refractivity contribution in [2.24, 2.45) is 0 Å². The van der Waals surface area contributed by atoms with Gasteiger partial charge in [0, 0.05) is 5.56 Å². The van der Waals surface area contributed by atoms with Crippen molar-refractivity contribution in [2.45, 2.75) is 12.6 Å². The molecule has 1 atom stereocenters. The Bertz CT molecular complexity index is 570. The normalized spacial score (nSPS) is 12.3. The van der Waals surface area contributed by atoms with Crippen LogP contribution in [-0.2, 0) is 6.54 Å². The molecule has 2 rings (SSSR count). The Balaban J connectivity index is 2.13. The van der Waals surface area contributed by atoms with E-state index in [1.807, 2.05) is 0 Å². The molecular weight excluding hydrogens is 241 g/mol. The van der Waals surface area contributed by atoms with Gasteiger partial charge in [0.25, 0.3) is 0 Å². The van der Waals surface area contributed by atoms with Crippen molar-refractivity contribution in [2.75, 3.05) is 0 Å². The molecule has 0 radical (unpaired) electrons. The molecule has 0 spiro atoms. The minimum Gasteiger partial charge on any atom is -0.386 e. The van der Waals surface area contributed by atoms with Gasteiger partial charge in [-0.25, -0.2) is 4.39 Å². The van der Waals surface area contributed by atoms with E-state index in [1.54, 1.807) is 6.07 Å². The van der Waals surface area contributed by atoms with Gasteiger partial charge in [-0.2, -0.15) is 5.10 Å². The number of halogens is 1. The molecule has 1 heterocycles. The fourth-order valence-electron chi connectivity index (χ4n) is 1.57. The quantitative estimate of drug-likeness (QED) is 0.661. The van der Waals surface area contributed by atoms with Crippen molar-refractivity contribution in [3.8, 4) is 0 Å². The van der Waals surface area contributed by atoms with Crippen molar-refractivity contribution < 1.29 is 14.4 Å². The summed E-state index contributed by atoms with van der Waals surface area (Å²) in [5.41, 5.74) is -0.0358. The molecule has 6 nitrogen and oxygen atoms in total. The molecule has 0 saturated carbocycles. The van der Waals surface area contributed by atoms with Crippen molar-refractivity contribution >= 4 is 5.69 Å². The predicted molar refractivity (Wildman–Crippen MR) is 60.2 cm³/mol. The van der Waals surface area contributed by atoms with Gasteiger partial charge < -0.3 is 5.11 Å². The van der Waals surface area contributed by atoms with E-state index in [-0.39, 0.29) is 17.8 Å². The van der Waals surface area contributed by atoms with Crippen molar-refractivity contribution in [1.82, 2.24) is 9.78 Å². The first-order valence-corrected chi connectivity index (χ1v) is 5.17. The minimum atomic E-state index is -1.11. The van der Waals surface area contributed by atoms with E-state index in [1.165, 1.54) is 29.1 Å². The summed E-state index contributed by atoms with van der Waals surface area (Å²) in [5, 5.41) is 24.0.